The molecular formula is C11H13N3O3S. The Kier molecular flexibility index (Phi) is 3.81. The van der Waals surface area contributed by atoms with E-state index in [1.54, 1.807) is 17.0 Å². The van der Waals surface area contributed by atoms with Crippen molar-refractivity contribution >= 4 is 28.6 Å². The average molecular weight is 267 g/mol. The van der Waals surface area contributed by atoms with Gasteiger partial charge in [0.1, 0.15) is 0 Å². The standard InChI is InChI=1S/C11H13N3O3S/c1-7(15)18-8-5-11(16)14(6-8)9-3-4-10(17-2)13-12-9/h3-4,8H,5-6H2,1-2H3. The summed E-state index contributed by atoms with van der Waals surface area (Å²) in [6.07, 6.45) is 0.359. The van der Waals surface area contributed by atoms with Crippen LogP contribution in [-0.4, -0.2) is 40.1 Å². The fourth-order valence-electron chi connectivity index (χ4n) is 1.78. The normalized spacial score (nSPS) is 19.1. The van der Waals surface area contributed by atoms with Gasteiger partial charge in [-0.05, 0) is 6.07 Å². The Bertz CT molecular complexity index is 463. The minimum absolute atomic E-state index is 0.00102. The number of thioether (sulfide) groups is 1. The number of hydrogen-bond acceptors (Lipinski definition) is 6. The van der Waals surface area contributed by atoms with Gasteiger partial charge in [-0.15, -0.1) is 10.2 Å². The smallest absolute Gasteiger partial charge is 0.233 e. The number of ether oxygens (including phenoxy) is 1. The number of rotatable bonds is 3. The maximum absolute atomic E-state index is 11.8. The van der Waals surface area contributed by atoms with E-state index in [9.17, 15) is 9.59 Å². The molecule has 7 heteroatoms. The second-order valence-electron chi connectivity index (χ2n) is 3.87. The highest BCUT2D eigenvalue weighted by Crippen LogP contribution is 2.27. The molecule has 6 nitrogen and oxygen atoms in total. The van der Waals surface area contributed by atoms with Crippen LogP contribution >= 0.6 is 11.8 Å². The van der Waals surface area contributed by atoms with Gasteiger partial charge in [0.25, 0.3) is 0 Å². The molecule has 2 rings (SSSR count). The lowest BCUT2D eigenvalue weighted by atomic mass is 10.4. The van der Waals surface area contributed by atoms with Gasteiger partial charge in [0.2, 0.25) is 11.8 Å². The summed E-state index contributed by atoms with van der Waals surface area (Å²) in [5, 5.41) is 7.78. The monoisotopic (exact) mass is 267 g/mol. The van der Waals surface area contributed by atoms with Crippen molar-refractivity contribution in [3.05, 3.63) is 12.1 Å². The molecule has 0 N–H and O–H groups in total. The topological polar surface area (TPSA) is 72.4 Å². The number of amides is 1. The van der Waals surface area contributed by atoms with Crippen LogP contribution in [0.5, 0.6) is 5.88 Å². The van der Waals surface area contributed by atoms with E-state index in [-0.39, 0.29) is 16.3 Å². The number of nitrogens with zero attached hydrogens (tertiary/aromatic N) is 3. The summed E-state index contributed by atoms with van der Waals surface area (Å²) in [7, 11) is 1.50. The third-order valence-electron chi connectivity index (χ3n) is 2.53. The van der Waals surface area contributed by atoms with Crippen LogP contribution in [0.25, 0.3) is 0 Å². The summed E-state index contributed by atoms with van der Waals surface area (Å²) in [6.45, 7) is 2.00. The zero-order valence-electron chi connectivity index (χ0n) is 10.1. The lowest BCUT2D eigenvalue weighted by molar-refractivity contribution is -0.117. The van der Waals surface area contributed by atoms with Crippen LogP contribution in [0.4, 0.5) is 5.82 Å². The minimum Gasteiger partial charge on any atom is -0.480 e. The zero-order valence-corrected chi connectivity index (χ0v) is 10.9. The van der Waals surface area contributed by atoms with E-state index in [0.717, 1.165) is 0 Å². The van der Waals surface area contributed by atoms with Crippen LogP contribution < -0.4 is 9.64 Å². The highest BCUT2D eigenvalue weighted by atomic mass is 32.2. The van der Waals surface area contributed by atoms with E-state index in [0.29, 0.717) is 24.7 Å². The summed E-state index contributed by atoms with van der Waals surface area (Å²) in [4.78, 5) is 24.4. The molecule has 1 aliphatic heterocycles. The van der Waals surface area contributed by atoms with Crippen molar-refractivity contribution in [1.29, 1.82) is 0 Å². The van der Waals surface area contributed by atoms with Crippen LogP contribution in [-0.2, 0) is 9.59 Å². The predicted octanol–water partition coefficient (Wildman–Crippen LogP) is 0.870. The predicted molar refractivity (Wildman–Crippen MR) is 67.6 cm³/mol. The fourth-order valence-corrected chi connectivity index (χ4v) is 2.69. The Balaban J connectivity index is 2.08. The highest BCUT2D eigenvalue weighted by Gasteiger charge is 2.32. The molecule has 0 bridgehead atoms. The molecule has 1 fully saturated rings. The summed E-state index contributed by atoms with van der Waals surface area (Å²) in [5.74, 6) is 0.862. The Labute approximate surface area is 109 Å². The maximum Gasteiger partial charge on any atom is 0.233 e. The average Bonchev–Trinajstić information content (AvgIpc) is 2.69. The van der Waals surface area contributed by atoms with Crippen molar-refractivity contribution in [3.8, 4) is 5.88 Å². The lowest BCUT2D eigenvalue weighted by Gasteiger charge is -2.14. The van der Waals surface area contributed by atoms with Gasteiger partial charge in [-0.2, -0.15) is 0 Å². The first-order valence-electron chi connectivity index (χ1n) is 5.45. The van der Waals surface area contributed by atoms with Crippen molar-refractivity contribution in [3.63, 3.8) is 0 Å². The molecule has 1 atom stereocenters. The quantitative estimate of drug-likeness (QED) is 0.809. The van der Waals surface area contributed by atoms with Crippen molar-refractivity contribution in [1.82, 2.24) is 10.2 Å². The van der Waals surface area contributed by atoms with Crippen LogP contribution in [0.2, 0.25) is 0 Å². The van der Waals surface area contributed by atoms with Crippen molar-refractivity contribution in [2.45, 2.75) is 18.6 Å². The number of carbonyl (C=O) groups excluding carboxylic acids is 2. The number of methoxy groups -OCH3 is 1. The summed E-state index contributed by atoms with van der Waals surface area (Å²) < 4.78 is 4.91. The zero-order chi connectivity index (χ0) is 13.1. The van der Waals surface area contributed by atoms with Crippen molar-refractivity contribution in [2.75, 3.05) is 18.6 Å². The Morgan fingerprint density at radius 1 is 1.50 bits per heavy atom. The summed E-state index contributed by atoms with van der Waals surface area (Å²) >= 11 is 1.20. The molecule has 2 heterocycles. The molecule has 1 aliphatic rings. The molecule has 1 amide bonds. The van der Waals surface area contributed by atoms with Gasteiger partial charge >= 0.3 is 0 Å². The lowest BCUT2D eigenvalue weighted by Crippen LogP contribution is -2.26. The Morgan fingerprint density at radius 3 is 2.83 bits per heavy atom. The highest BCUT2D eigenvalue weighted by molar-refractivity contribution is 8.14. The second-order valence-corrected chi connectivity index (χ2v) is 5.35. The molecule has 0 aliphatic carbocycles. The van der Waals surface area contributed by atoms with Crippen LogP contribution in [0.15, 0.2) is 12.1 Å². The molecule has 0 radical (unpaired) electrons. The molecular weight excluding hydrogens is 254 g/mol. The Hall–Kier alpha value is -1.63. The van der Waals surface area contributed by atoms with E-state index < -0.39 is 0 Å². The van der Waals surface area contributed by atoms with Gasteiger partial charge in [0.15, 0.2) is 10.9 Å². The van der Waals surface area contributed by atoms with Crippen LogP contribution in [0, 0.1) is 0 Å². The number of hydrogen-bond donors (Lipinski definition) is 0. The van der Waals surface area contributed by atoms with Gasteiger partial charge in [-0.3, -0.25) is 14.5 Å². The number of carbonyl (C=O) groups is 2. The van der Waals surface area contributed by atoms with Crippen molar-refractivity contribution in [2.24, 2.45) is 0 Å². The largest absolute Gasteiger partial charge is 0.480 e. The number of anilines is 1. The summed E-state index contributed by atoms with van der Waals surface area (Å²) in [6, 6.07) is 3.34. The first kappa shape index (κ1) is 12.8. The van der Waals surface area contributed by atoms with Gasteiger partial charge in [0, 0.05) is 31.2 Å². The molecule has 0 spiro atoms. The number of aromatic nitrogens is 2. The molecule has 0 aromatic carbocycles. The SMILES string of the molecule is COc1ccc(N2CC(SC(C)=O)CC2=O)nn1. The van der Waals surface area contributed by atoms with E-state index >= 15 is 0 Å². The van der Waals surface area contributed by atoms with Gasteiger partial charge < -0.3 is 4.74 Å². The first-order chi connectivity index (χ1) is 8.60. The maximum atomic E-state index is 11.8. The van der Waals surface area contributed by atoms with E-state index in [1.807, 2.05) is 0 Å². The van der Waals surface area contributed by atoms with Crippen LogP contribution in [0.1, 0.15) is 13.3 Å². The van der Waals surface area contributed by atoms with Gasteiger partial charge in [-0.25, -0.2) is 0 Å². The fraction of sp³-hybridized carbons (Fsp3) is 0.455. The van der Waals surface area contributed by atoms with E-state index in [4.69, 9.17) is 4.74 Å². The molecule has 1 saturated heterocycles. The summed E-state index contributed by atoms with van der Waals surface area (Å²) in [5.41, 5.74) is 0. The van der Waals surface area contributed by atoms with Gasteiger partial charge in [-0.1, -0.05) is 11.8 Å². The second kappa shape index (κ2) is 5.34. The third-order valence-corrected chi connectivity index (χ3v) is 3.51. The minimum atomic E-state index is -0.0341. The molecule has 18 heavy (non-hydrogen) atoms. The molecule has 1 aromatic rings. The first-order valence-corrected chi connectivity index (χ1v) is 6.33. The van der Waals surface area contributed by atoms with Gasteiger partial charge in [0.05, 0.1) is 7.11 Å². The molecule has 96 valence electrons. The molecule has 0 saturated carbocycles. The van der Waals surface area contributed by atoms with Crippen LogP contribution in [0.3, 0.4) is 0 Å². The molecule has 1 aromatic heterocycles. The van der Waals surface area contributed by atoms with Crippen molar-refractivity contribution < 1.29 is 14.3 Å². The third kappa shape index (κ3) is 2.79. The van der Waals surface area contributed by atoms with E-state index in [2.05, 4.69) is 10.2 Å². The molecule has 1 unspecified atom stereocenters. The Morgan fingerprint density at radius 2 is 2.28 bits per heavy atom. The van der Waals surface area contributed by atoms with E-state index in [1.165, 1.54) is 25.8 Å².